The van der Waals surface area contributed by atoms with Crippen molar-refractivity contribution >= 4 is 44.7 Å². The molecule has 6 nitrogen and oxygen atoms in total. The molecule has 2 aliphatic rings. The molecule has 328 valence electrons. The summed E-state index contributed by atoms with van der Waals surface area (Å²) in [4.78, 5) is 36.2. The monoisotopic (exact) mass is 849 g/mol. The summed E-state index contributed by atoms with van der Waals surface area (Å²) in [7, 11) is 0. The molecule has 0 saturated carbocycles. The first kappa shape index (κ1) is 46.8. The zero-order chi connectivity index (χ0) is 46.0. The second-order valence-corrected chi connectivity index (χ2v) is 18.6. The van der Waals surface area contributed by atoms with Crippen LogP contribution >= 0.6 is 0 Å². The van der Waals surface area contributed by atoms with E-state index >= 15 is 0 Å². The molecule has 0 amide bonds. The average Bonchev–Trinajstić information content (AvgIpc) is 3.25. The van der Waals surface area contributed by atoms with Gasteiger partial charge in [0.25, 0.3) is 0 Å². The van der Waals surface area contributed by atoms with Crippen molar-refractivity contribution in [1.82, 2.24) is 9.97 Å². The van der Waals surface area contributed by atoms with Gasteiger partial charge < -0.3 is 10.6 Å². The van der Waals surface area contributed by atoms with E-state index in [9.17, 15) is 9.59 Å². The summed E-state index contributed by atoms with van der Waals surface area (Å²) in [6.07, 6.45) is 34.2. The van der Waals surface area contributed by atoms with Crippen molar-refractivity contribution < 1.29 is 9.59 Å². The van der Waals surface area contributed by atoms with Gasteiger partial charge in [0, 0.05) is 10.8 Å². The second kappa shape index (κ2) is 20.7. The van der Waals surface area contributed by atoms with Gasteiger partial charge in [0.15, 0.2) is 11.6 Å². The fourth-order valence-electron chi connectivity index (χ4n) is 8.64. The number of carbonyl (C=O) groups is 2. The Hall–Kier alpha value is -6.66. The van der Waals surface area contributed by atoms with Crippen LogP contribution in [0, 0.1) is 10.8 Å². The first-order valence-corrected chi connectivity index (χ1v) is 22.3. The van der Waals surface area contributed by atoms with Crippen LogP contribution in [0.2, 0.25) is 0 Å². The maximum Gasteiger partial charge on any atom is 0.181 e. The van der Waals surface area contributed by atoms with Gasteiger partial charge in [-0.15, -0.1) is 0 Å². The van der Waals surface area contributed by atoms with E-state index in [4.69, 9.17) is 0 Å². The fraction of sp³-hybridized carbons (Fsp3) is 0.276. The van der Waals surface area contributed by atoms with Crippen molar-refractivity contribution in [2.24, 2.45) is 10.8 Å². The topological polar surface area (TPSA) is 84.0 Å². The third-order valence-electron chi connectivity index (χ3n) is 12.2. The molecule has 0 bridgehead atoms. The van der Waals surface area contributed by atoms with E-state index in [1.165, 1.54) is 0 Å². The number of carbonyl (C=O) groups excluding carboxylic acids is 2. The van der Waals surface area contributed by atoms with Crippen molar-refractivity contribution in [3.05, 3.63) is 203 Å². The molecule has 2 heterocycles. The number of hydrogen-bond donors (Lipinski definition) is 2. The van der Waals surface area contributed by atoms with E-state index in [1.807, 2.05) is 74.8 Å². The number of rotatable bonds is 14. The summed E-state index contributed by atoms with van der Waals surface area (Å²) in [5, 5.41) is 9.04. The van der Waals surface area contributed by atoms with Gasteiger partial charge in [0.05, 0.1) is 46.9 Å². The third kappa shape index (κ3) is 12.1. The Morgan fingerprint density at radius 1 is 0.547 bits per heavy atom. The molecule has 4 aromatic rings. The summed E-state index contributed by atoms with van der Waals surface area (Å²) >= 11 is 0. The maximum atomic E-state index is 13.5. The van der Waals surface area contributed by atoms with Gasteiger partial charge in [-0.25, -0.2) is 0 Å². The van der Waals surface area contributed by atoms with Gasteiger partial charge in [0.1, 0.15) is 0 Å². The molecule has 2 N–H and O–H groups in total. The molecule has 0 radical (unpaired) electrons. The van der Waals surface area contributed by atoms with Gasteiger partial charge in [-0.05, 0) is 112 Å². The van der Waals surface area contributed by atoms with Crippen molar-refractivity contribution in [3.63, 3.8) is 0 Å². The van der Waals surface area contributed by atoms with E-state index in [0.29, 0.717) is 12.8 Å². The molecule has 2 aromatic heterocycles. The highest BCUT2D eigenvalue weighted by Crippen LogP contribution is 2.42. The zero-order valence-corrected chi connectivity index (χ0v) is 39.3. The van der Waals surface area contributed by atoms with E-state index in [0.717, 1.165) is 77.8 Å². The molecule has 2 unspecified atom stereocenters. The average molecular weight is 849 g/mol. The number of aromatic nitrogens is 2. The van der Waals surface area contributed by atoms with Gasteiger partial charge in [-0.3, -0.25) is 19.6 Å². The number of hydrogen-bond acceptors (Lipinski definition) is 6. The third-order valence-corrected chi connectivity index (χ3v) is 12.2. The van der Waals surface area contributed by atoms with Crippen molar-refractivity contribution in [3.8, 4) is 0 Å². The number of para-hydroxylation sites is 2. The Bertz CT molecular complexity index is 2580. The van der Waals surface area contributed by atoms with Crippen LogP contribution in [0.5, 0.6) is 0 Å². The van der Waals surface area contributed by atoms with Crippen molar-refractivity contribution in [2.75, 3.05) is 10.6 Å². The number of Topliss-reactive ketones (excluding diaryl/α,β-unsaturated/α-hetero) is 2. The highest BCUT2D eigenvalue weighted by atomic mass is 16.1. The molecular weight excluding hydrogens is 785 g/mol. The molecular formula is C58H64N4O2. The van der Waals surface area contributed by atoms with Gasteiger partial charge in [-0.1, -0.05) is 171 Å². The van der Waals surface area contributed by atoms with E-state index in [1.54, 1.807) is 0 Å². The Balaban J connectivity index is 0.984. The summed E-state index contributed by atoms with van der Waals surface area (Å²) in [5.41, 5.74) is 11.5. The minimum atomic E-state index is -0.300. The summed E-state index contributed by atoms with van der Waals surface area (Å²) in [5.74, 6) is 0.261. The SMILES string of the molecule is CC1=C(/C=C/C(C)=C/C=C/C(C)=C/C=C/C=C(C)/C=C/C=C(C)/C=C/C2=C(C)C(=O)C(Nc3cnc4ccccc4c3)CC2(C)C)C(C)(C)CC(Nc2cnc3ccccc3c2)C1=O. The number of ketones is 2. The normalized spacial score (nSPS) is 20.5. The largest absolute Gasteiger partial charge is 0.374 e. The van der Waals surface area contributed by atoms with Crippen LogP contribution in [-0.4, -0.2) is 33.6 Å². The number of nitrogens with zero attached hydrogens (tertiary/aromatic N) is 2. The number of anilines is 2. The zero-order valence-electron chi connectivity index (χ0n) is 39.3. The fourth-order valence-corrected chi connectivity index (χ4v) is 8.64. The van der Waals surface area contributed by atoms with Crippen LogP contribution in [0.4, 0.5) is 11.4 Å². The highest BCUT2D eigenvalue weighted by molar-refractivity contribution is 6.04. The second-order valence-electron chi connectivity index (χ2n) is 18.6. The maximum absolute atomic E-state index is 13.5. The van der Waals surface area contributed by atoms with E-state index < -0.39 is 0 Å². The van der Waals surface area contributed by atoms with Crippen molar-refractivity contribution in [1.29, 1.82) is 0 Å². The summed E-state index contributed by atoms with van der Waals surface area (Å²) < 4.78 is 0. The lowest BCUT2D eigenvalue weighted by Crippen LogP contribution is -2.40. The van der Waals surface area contributed by atoms with E-state index in [-0.39, 0.29) is 34.5 Å². The number of pyridine rings is 2. The van der Waals surface area contributed by atoms with Crippen LogP contribution in [-0.2, 0) is 9.59 Å². The van der Waals surface area contributed by atoms with Crippen LogP contribution in [0.3, 0.4) is 0 Å². The molecule has 6 heteroatoms. The number of benzene rings is 2. The number of allylic oxidation sites excluding steroid dienone is 20. The molecule has 0 fully saturated rings. The summed E-state index contributed by atoms with van der Waals surface area (Å²) in [6, 6.07) is 19.6. The van der Waals surface area contributed by atoms with Gasteiger partial charge in [0.2, 0.25) is 0 Å². The minimum absolute atomic E-state index is 0.130. The standard InChI is InChI=1S/C58H64N4O2/c1-39(21-17-23-41(3)29-31-49-43(5)55(63)53(35-57(49,7)8)61-47-33-45-25-13-15-27-51(45)59-37-47)19-11-12-20-40(2)22-18-24-42(4)30-32-50-44(6)56(64)54(36-58(50,9)10)62-48-34-46-26-14-16-28-52(46)60-38-48/h11-34,37-38,53-54,61-62H,35-36H2,1-10H3/b12-11+,21-17+,22-18+,31-29+,32-30+,39-19+,40-20+,41-23+,42-24+. The van der Waals surface area contributed by atoms with Gasteiger partial charge in [-0.2, -0.15) is 0 Å². The van der Waals surface area contributed by atoms with Crippen LogP contribution in [0.15, 0.2) is 203 Å². The number of nitrogens with one attached hydrogen (secondary N) is 2. The molecule has 0 aliphatic heterocycles. The van der Waals surface area contributed by atoms with Crippen LogP contribution in [0.1, 0.15) is 82.1 Å². The Labute approximate surface area is 381 Å². The first-order chi connectivity index (χ1) is 30.5. The Morgan fingerprint density at radius 3 is 1.31 bits per heavy atom. The lowest BCUT2D eigenvalue weighted by molar-refractivity contribution is -0.118. The highest BCUT2D eigenvalue weighted by Gasteiger charge is 2.39. The minimum Gasteiger partial charge on any atom is -0.374 e. The predicted octanol–water partition coefficient (Wildman–Crippen LogP) is 14.2. The van der Waals surface area contributed by atoms with Crippen molar-refractivity contribution in [2.45, 2.75) is 94.2 Å². The molecule has 64 heavy (non-hydrogen) atoms. The molecule has 6 rings (SSSR count). The van der Waals surface area contributed by atoms with Crippen LogP contribution in [0.25, 0.3) is 21.8 Å². The molecule has 0 saturated heterocycles. The molecule has 2 aromatic carbocycles. The lowest BCUT2D eigenvalue weighted by atomic mass is 9.70. The first-order valence-electron chi connectivity index (χ1n) is 22.3. The molecule has 2 aliphatic carbocycles. The van der Waals surface area contributed by atoms with E-state index in [2.05, 4.69) is 173 Å². The van der Waals surface area contributed by atoms with Gasteiger partial charge >= 0.3 is 0 Å². The Kier molecular flexibility index (Phi) is 15.1. The number of fused-ring (bicyclic) bond motifs is 2. The smallest absolute Gasteiger partial charge is 0.181 e. The summed E-state index contributed by atoms with van der Waals surface area (Å²) in [6.45, 7) is 21.1. The molecule has 2 atom stereocenters. The van der Waals surface area contributed by atoms with Crippen LogP contribution < -0.4 is 10.6 Å². The Morgan fingerprint density at radius 2 is 0.906 bits per heavy atom. The molecule has 0 spiro atoms. The quantitative estimate of drug-likeness (QED) is 0.123. The lowest BCUT2D eigenvalue weighted by Gasteiger charge is -2.37. The predicted molar refractivity (Wildman–Crippen MR) is 271 cm³/mol.